The van der Waals surface area contributed by atoms with E-state index in [2.05, 4.69) is 216 Å². The van der Waals surface area contributed by atoms with Gasteiger partial charge in [-0.1, -0.05) is 170 Å². The van der Waals surface area contributed by atoms with Gasteiger partial charge in [0.1, 0.15) is 0 Å². The molecule has 0 atom stereocenters. The fourth-order valence-electron chi connectivity index (χ4n) is 8.88. The van der Waals surface area contributed by atoms with Crippen LogP contribution in [0.4, 0.5) is 17.1 Å². The van der Waals surface area contributed by atoms with E-state index in [4.69, 9.17) is 0 Å². The van der Waals surface area contributed by atoms with Gasteiger partial charge in [-0.2, -0.15) is 0 Å². The standard InChI is InChI=1S/C52H34N2/c1-3-17-35(18-4-1)37-21-9-12-28-45(37)53-47-30-14-11-25-44(47)52-49(53)31-16-32-50(52)54(46-29-13-10-22-38(46)36-19-5-2-6-20-36)48-34-33-42-40-24-8-7-23-39(40)41-26-15-27-43(48)51(41)42/h1-34H. The fourth-order valence-corrected chi connectivity index (χ4v) is 8.88. The molecular weight excluding hydrogens is 653 g/mol. The zero-order valence-corrected chi connectivity index (χ0v) is 29.5. The highest BCUT2D eigenvalue weighted by molar-refractivity contribution is 6.22. The molecule has 0 unspecified atom stereocenters. The van der Waals surface area contributed by atoms with E-state index in [0.29, 0.717) is 0 Å². The minimum atomic E-state index is 1.13. The lowest BCUT2D eigenvalue weighted by Gasteiger charge is -2.30. The lowest BCUT2D eigenvalue weighted by atomic mass is 9.97. The summed E-state index contributed by atoms with van der Waals surface area (Å²) in [6, 6.07) is 75.2. The van der Waals surface area contributed by atoms with Crippen molar-refractivity contribution in [3.63, 3.8) is 0 Å². The number of anilines is 3. The molecule has 0 bridgehead atoms. The summed E-state index contributed by atoms with van der Waals surface area (Å²) >= 11 is 0. The Morgan fingerprint density at radius 3 is 1.57 bits per heavy atom. The highest BCUT2D eigenvalue weighted by Gasteiger charge is 2.28. The second kappa shape index (κ2) is 12.2. The summed E-state index contributed by atoms with van der Waals surface area (Å²) in [6.45, 7) is 0. The third-order valence-electron chi connectivity index (χ3n) is 11.1. The summed E-state index contributed by atoms with van der Waals surface area (Å²) in [5.41, 5.74) is 16.9. The van der Waals surface area contributed by atoms with Gasteiger partial charge in [0.15, 0.2) is 0 Å². The highest BCUT2D eigenvalue weighted by Crippen LogP contribution is 2.53. The quantitative estimate of drug-likeness (QED) is 0.169. The average Bonchev–Trinajstić information content (AvgIpc) is 3.76. The first-order chi connectivity index (χ1) is 26.8. The maximum atomic E-state index is 2.52. The number of nitrogens with zero attached hydrogens (tertiary/aromatic N) is 2. The fraction of sp³-hybridized carbons (Fsp3) is 0. The van der Waals surface area contributed by atoms with Crippen LogP contribution in [-0.2, 0) is 0 Å². The first-order valence-corrected chi connectivity index (χ1v) is 18.6. The molecule has 2 heteroatoms. The Kier molecular flexibility index (Phi) is 6.90. The van der Waals surface area contributed by atoms with Gasteiger partial charge in [0, 0.05) is 27.3 Å². The Morgan fingerprint density at radius 2 is 0.796 bits per heavy atom. The van der Waals surface area contributed by atoms with Crippen molar-refractivity contribution in [3.05, 3.63) is 206 Å². The van der Waals surface area contributed by atoms with Gasteiger partial charge >= 0.3 is 0 Å². The molecule has 9 aromatic carbocycles. The van der Waals surface area contributed by atoms with Gasteiger partial charge in [-0.3, -0.25) is 0 Å². The monoisotopic (exact) mass is 686 g/mol. The van der Waals surface area contributed by atoms with Gasteiger partial charge in [0.05, 0.1) is 33.8 Å². The first kappa shape index (κ1) is 30.5. The Hall–Kier alpha value is -7.16. The molecule has 54 heavy (non-hydrogen) atoms. The molecule has 2 nitrogen and oxygen atoms in total. The number of hydrogen-bond donors (Lipinski definition) is 0. The number of fused-ring (bicyclic) bond motifs is 6. The molecule has 11 rings (SSSR count). The predicted molar refractivity (Wildman–Crippen MR) is 228 cm³/mol. The molecule has 0 aliphatic heterocycles. The van der Waals surface area contributed by atoms with Crippen molar-refractivity contribution in [3.8, 4) is 50.2 Å². The molecule has 0 amide bonds. The van der Waals surface area contributed by atoms with Crippen LogP contribution in [0.15, 0.2) is 206 Å². The van der Waals surface area contributed by atoms with Crippen molar-refractivity contribution in [1.29, 1.82) is 0 Å². The Bertz CT molecular complexity index is 3020. The maximum Gasteiger partial charge on any atom is 0.0562 e. The number of rotatable bonds is 6. The molecular formula is C52H34N2. The molecule has 0 N–H and O–H groups in total. The molecule has 10 aromatic rings. The molecule has 1 aliphatic carbocycles. The highest BCUT2D eigenvalue weighted by atomic mass is 15.2. The van der Waals surface area contributed by atoms with Crippen molar-refractivity contribution >= 4 is 49.6 Å². The van der Waals surface area contributed by atoms with E-state index in [1.165, 1.54) is 71.6 Å². The van der Waals surface area contributed by atoms with Crippen molar-refractivity contribution in [2.24, 2.45) is 0 Å². The van der Waals surface area contributed by atoms with Gasteiger partial charge < -0.3 is 9.47 Å². The van der Waals surface area contributed by atoms with Crippen LogP contribution in [0, 0.1) is 0 Å². The average molecular weight is 687 g/mol. The van der Waals surface area contributed by atoms with E-state index in [-0.39, 0.29) is 0 Å². The van der Waals surface area contributed by atoms with Crippen LogP contribution in [0.2, 0.25) is 0 Å². The van der Waals surface area contributed by atoms with Crippen LogP contribution in [0.5, 0.6) is 0 Å². The number of para-hydroxylation sites is 3. The molecule has 0 fully saturated rings. The molecule has 0 radical (unpaired) electrons. The number of hydrogen-bond acceptors (Lipinski definition) is 1. The molecule has 1 aliphatic rings. The third kappa shape index (κ3) is 4.54. The smallest absolute Gasteiger partial charge is 0.0562 e. The first-order valence-electron chi connectivity index (χ1n) is 18.6. The largest absolute Gasteiger partial charge is 0.309 e. The third-order valence-corrected chi connectivity index (χ3v) is 11.1. The summed E-state index contributed by atoms with van der Waals surface area (Å²) < 4.78 is 2.46. The van der Waals surface area contributed by atoms with Gasteiger partial charge in [0.25, 0.3) is 0 Å². The topological polar surface area (TPSA) is 8.17 Å². The van der Waals surface area contributed by atoms with Crippen molar-refractivity contribution in [1.82, 2.24) is 4.57 Å². The molecule has 0 saturated heterocycles. The molecule has 1 aromatic heterocycles. The van der Waals surface area contributed by atoms with Crippen molar-refractivity contribution in [2.75, 3.05) is 4.90 Å². The summed E-state index contributed by atoms with van der Waals surface area (Å²) in [5.74, 6) is 0. The Balaban J connectivity index is 1.25. The minimum Gasteiger partial charge on any atom is -0.309 e. The number of aromatic nitrogens is 1. The van der Waals surface area contributed by atoms with Crippen LogP contribution in [0.25, 0.3) is 82.8 Å². The van der Waals surface area contributed by atoms with Gasteiger partial charge in [-0.15, -0.1) is 0 Å². The van der Waals surface area contributed by atoms with E-state index in [9.17, 15) is 0 Å². The summed E-state index contributed by atoms with van der Waals surface area (Å²) in [6.07, 6.45) is 0. The minimum absolute atomic E-state index is 1.13. The van der Waals surface area contributed by atoms with Crippen LogP contribution in [-0.4, -0.2) is 4.57 Å². The lowest BCUT2D eigenvalue weighted by Crippen LogP contribution is -2.12. The van der Waals surface area contributed by atoms with E-state index >= 15 is 0 Å². The van der Waals surface area contributed by atoms with Gasteiger partial charge in [-0.25, -0.2) is 0 Å². The maximum absolute atomic E-state index is 2.52. The Labute approximate surface area is 314 Å². The van der Waals surface area contributed by atoms with E-state index < -0.39 is 0 Å². The predicted octanol–water partition coefficient (Wildman–Crippen LogP) is 14.4. The Morgan fingerprint density at radius 1 is 0.278 bits per heavy atom. The van der Waals surface area contributed by atoms with E-state index in [1.807, 2.05) is 0 Å². The number of benzene rings is 9. The summed E-state index contributed by atoms with van der Waals surface area (Å²) in [5, 5.41) is 4.97. The SMILES string of the molecule is c1ccc(-c2ccccc2N(c2ccc3c4c(cccc24)-c2ccccc2-3)c2cccc3c2c2ccccc2n3-c2ccccc2-c2ccccc2)cc1. The van der Waals surface area contributed by atoms with Crippen LogP contribution in [0.1, 0.15) is 0 Å². The molecule has 0 spiro atoms. The zero-order valence-electron chi connectivity index (χ0n) is 29.5. The summed E-state index contributed by atoms with van der Waals surface area (Å²) in [4.78, 5) is 2.52. The van der Waals surface area contributed by atoms with E-state index in [1.54, 1.807) is 0 Å². The second-order valence-electron chi connectivity index (χ2n) is 14.0. The van der Waals surface area contributed by atoms with Gasteiger partial charge in [-0.05, 0) is 75.2 Å². The molecule has 1 heterocycles. The molecule has 0 saturated carbocycles. The summed E-state index contributed by atoms with van der Waals surface area (Å²) in [7, 11) is 0. The second-order valence-corrected chi connectivity index (χ2v) is 14.0. The van der Waals surface area contributed by atoms with Crippen LogP contribution in [0.3, 0.4) is 0 Å². The van der Waals surface area contributed by atoms with Crippen LogP contribution >= 0.6 is 0 Å². The van der Waals surface area contributed by atoms with E-state index in [0.717, 1.165) is 28.3 Å². The zero-order chi connectivity index (χ0) is 35.6. The van der Waals surface area contributed by atoms with Crippen molar-refractivity contribution < 1.29 is 0 Å². The normalized spacial score (nSPS) is 11.7. The lowest BCUT2D eigenvalue weighted by molar-refractivity contribution is 1.18. The van der Waals surface area contributed by atoms with Gasteiger partial charge in [0.2, 0.25) is 0 Å². The van der Waals surface area contributed by atoms with Crippen LogP contribution < -0.4 is 4.90 Å². The van der Waals surface area contributed by atoms with Crippen molar-refractivity contribution in [2.45, 2.75) is 0 Å². The molecule has 252 valence electrons.